The Bertz CT molecular complexity index is 477. The summed E-state index contributed by atoms with van der Waals surface area (Å²) in [5.74, 6) is 3.70. The van der Waals surface area contributed by atoms with Gasteiger partial charge in [-0.15, -0.1) is 0 Å². The van der Waals surface area contributed by atoms with Crippen LogP contribution in [0.1, 0.15) is 31.4 Å². The van der Waals surface area contributed by atoms with E-state index >= 15 is 0 Å². The number of hydrogen-bond donors (Lipinski definition) is 0. The fraction of sp³-hybridized carbons (Fsp3) is 0.600. The monoisotopic (exact) mass is 241 g/mol. The molecule has 0 amide bonds. The number of anilines is 1. The van der Waals surface area contributed by atoms with Crippen LogP contribution in [0.3, 0.4) is 0 Å². The third-order valence-electron chi connectivity index (χ3n) is 4.63. The molecule has 0 aliphatic heterocycles. The Labute approximate surface area is 108 Å². The minimum atomic E-state index is 0.507. The number of hydrogen-bond acceptors (Lipinski definition) is 3. The topological polar surface area (TPSA) is 39.9 Å². The summed E-state index contributed by atoms with van der Waals surface area (Å²) in [6.45, 7) is 1.09. The van der Waals surface area contributed by atoms with Crippen LogP contribution in [0.25, 0.3) is 0 Å². The number of fused-ring (bicyclic) bond motifs is 2. The van der Waals surface area contributed by atoms with E-state index in [-0.39, 0.29) is 0 Å². The molecule has 0 aromatic carbocycles. The van der Waals surface area contributed by atoms with E-state index in [0.717, 1.165) is 30.1 Å². The Kier molecular flexibility index (Phi) is 2.95. The smallest absolute Gasteiger partial charge is 0.142 e. The summed E-state index contributed by atoms with van der Waals surface area (Å²) in [6, 6.07) is 7.77. The number of nitrogens with zero attached hydrogens (tertiary/aromatic N) is 3. The molecule has 1 heterocycles. The first-order valence-corrected chi connectivity index (χ1v) is 6.84. The van der Waals surface area contributed by atoms with E-state index in [9.17, 15) is 0 Å². The number of aromatic nitrogens is 1. The highest BCUT2D eigenvalue weighted by Gasteiger charge is 2.39. The van der Waals surface area contributed by atoms with Crippen LogP contribution in [0.2, 0.25) is 0 Å². The predicted octanol–water partition coefficient (Wildman–Crippen LogP) is 2.83. The SMILES string of the molecule is CN(CC1CC2CCC1C2)c1cccc(C#N)n1. The Morgan fingerprint density at radius 1 is 1.39 bits per heavy atom. The van der Waals surface area contributed by atoms with E-state index < -0.39 is 0 Å². The van der Waals surface area contributed by atoms with E-state index in [1.165, 1.54) is 25.7 Å². The molecule has 0 spiro atoms. The van der Waals surface area contributed by atoms with E-state index in [0.29, 0.717) is 5.69 Å². The van der Waals surface area contributed by atoms with Crippen molar-refractivity contribution >= 4 is 5.82 Å². The Hall–Kier alpha value is -1.56. The third kappa shape index (κ3) is 2.08. The second-order valence-corrected chi connectivity index (χ2v) is 5.81. The zero-order chi connectivity index (χ0) is 12.5. The fourth-order valence-corrected chi connectivity index (χ4v) is 3.74. The van der Waals surface area contributed by atoms with Gasteiger partial charge in [-0.3, -0.25) is 0 Å². The van der Waals surface area contributed by atoms with Crippen LogP contribution in [-0.4, -0.2) is 18.6 Å². The van der Waals surface area contributed by atoms with E-state index in [1.807, 2.05) is 12.1 Å². The molecule has 0 saturated heterocycles. The second-order valence-electron chi connectivity index (χ2n) is 5.81. The van der Waals surface area contributed by atoms with Crippen molar-refractivity contribution in [2.24, 2.45) is 17.8 Å². The first kappa shape index (κ1) is 11.5. The van der Waals surface area contributed by atoms with Gasteiger partial charge in [0.25, 0.3) is 0 Å². The maximum atomic E-state index is 8.88. The van der Waals surface area contributed by atoms with Gasteiger partial charge in [-0.2, -0.15) is 5.26 Å². The lowest BCUT2D eigenvalue weighted by Gasteiger charge is -2.27. The molecule has 0 radical (unpaired) electrons. The molecular weight excluding hydrogens is 222 g/mol. The zero-order valence-electron chi connectivity index (χ0n) is 10.8. The van der Waals surface area contributed by atoms with Crippen molar-refractivity contribution in [1.29, 1.82) is 5.26 Å². The molecule has 1 aromatic heterocycles. The van der Waals surface area contributed by atoms with Gasteiger partial charge in [-0.25, -0.2) is 4.98 Å². The van der Waals surface area contributed by atoms with Gasteiger partial charge < -0.3 is 4.90 Å². The van der Waals surface area contributed by atoms with Gasteiger partial charge in [0.1, 0.15) is 17.6 Å². The lowest BCUT2D eigenvalue weighted by Crippen LogP contribution is -2.29. The first-order chi connectivity index (χ1) is 8.76. The predicted molar refractivity (Wildman–Crippen MR) is 71.2 cm³/mol. The van der Waals surface area contributed by atoms with Crippen LogP contribution in [0.5, 0.6) is 0 Å². The summed E-state index contributed by atoms with van der Waals surface area (Å²) < 4.78 is 0. The molecule has 0 N–H and O–H groups in total. The van der Waals surface area contributed by atoms with Crippen LogP contribution < -0.4 is 4.90 Å². The average molecular weight is 241 g/mol. The standard InChI is InChI=1S/C15H19N3/c1-18(15-4-2-3-14(9-16)17-15)10-13-8-11-5-6-12(13)7-11/h2-4,11-13H,5-8,10H2,1H3. The zero-order valence-corrected chi connectivity index (χ0v) is 10.8. The minimum Gasteiger partial charge on any atom is -0.359 e. The number of rotatable bonds is 3. The van der Waals surface area contributed by atoms with Crippen molar-refractivity contribution in [1.82, 2.24) is 4.98 Å². The molecular formula is C15H19N3. The molecule has 2 aliphatic carbocycles. The summed E-state index contributed by atoms with van der Waals surface area (Å²) in [6.07, 6.45) is 5.72. The Balaban J connectivity index is 1.67. The highest BCUT2D eigenvalue weighted by molar-refractivity contribution is 5.40. The second kappa shape index (κ2) is 4.61. The van der Waals surface area contributed by atoms with Crippen molar-refractivity contribution in [2.45, 2.75) is 25.7 Å². The Morgan fingerprint density at radius 2 is 2.28 bits per heavy atom. The molecule has 3 rings (SSSR count). The molecule has 2 bridgehead atoms. The molecule has 2 fully saturated rings. The van der Waals surface area contributed by atoms with Crippen molar-refractivity contribution in [3.63, 3.8) is 0 Å². The normalized spacial score (nSPS) is 29.2. The van der Waals surface area contributed by atoms with Gasteiger partial charge >= 0.3 is 0 Å². The fourth-order valence-electron chi connectivity index (χ4n) is 3.74. The summed E-state index contributed by atoms with van der Waals surface area (Å²) in [5.41, 5.74) is 0.507. The van der Waals surface area contributed by atoms with Crippen molar-refractivity contribution < 1.29 is 0 Å². The van der Waals surface area contributed by atoms with Crippen LogP contribution >= 0.6 is 0 Å². The Morgan fingerprint density at radius 3 is 2.94 bits per heavy atom. The molecule has 2 saturated carbocycles. The van der Waals surface area contributed by atoms with E-state index in [4.69, 9.17) is 5.26 Å². The van der Waals surface area contributed by atoms with Crippen LogP contribution in [0.15, 0.2) is 18.2 Å². The minimum absolute atomic E-state index is 0.507. The van der Waals surface area contributed by atoms with Gasteiger partial charge in [0.05, 0.1) is 0 Å². The summed E-state index contributed by atoms with van der Waals surface area (Å²) in [5, 5.41) is 8.88. The quantitative estimate of drug-likeness (QED) is 0.817. The van der Waals surface area contributed by atoms with E-state index in [2.05, 4.69) is 23.0 Å². The molecule has 94 valence electrons. The van der Waals surface area contributed by atoms with Gasteiger partial charge in [-0.1, -0.05) is 12.5 Å². The highest BCUT2D eigenvalue weighted by atomic mass is 15.2. The number of pyridine rings is 1. The summed E-state index contributed by atoms with van der Waals surface area (Å²) in [7, 11) is 2.09. The van der Waals surface area contributed by atoms with Gasteiger partial charge in [-0.05, 0) is 49.1 Å². The van der Waals surface area contributed by atoms with Crippen LogP contribution in [0, 0.1) is 29.1 Å². The average Bonchev–Trinajstić information content (AvgIpc) is 3.01. The summed E-state index contributed by atoms with van der Waals surface area (Å²) in [4.78, 5) is 6.57. The maximum absolute atomic E-state index is 8.88. The van der Waals surface area contributed by atoms with Crippen molar-refractivity contribution in [3.8, 4) is 6.07 Å². The molecule has 3 nitrogen and oxygen atoms in total. The number of nitriles is 1. The third-order valence-corrected chi connectivity index (χ3v) is 4.63. The van der Waals surface area contributed by atoms with E-state index in [1.54, 1.807) is 6.07 Å². The largest absolute Gasteiger partial charge is 0.359 e. The lowest BCUT2D eigenvalue weighted by atomic mass is 9.88. The van der Waals surface area contributed by atoms with Crippen molar-refractivity contribution in [2.75, 3.05) is 18.5 Å². The van der Waals surface area contributed by atoms with Crippen LogP contribution in [-0.2, 0) is 0 Å². The van der Waals surface area contributed by atoms with Gasteiger partial charge in [0, 0.05) is 13.6 Å². The molecule has 3 atom stereocenters. The molecule has 3 unspecified atom stereocenters. The van der Waals surface area contributed by atoms with Gasteiger partial charge in [0.2, 0.25) is 0 Å². The molecule has 1 aromatic rings. The van der Waals surface area contributed by atoms with Crippen molar-refractivity contribution in [3.05, 3.63) is 23.9 Å². The molecule has 2 aliphatic rings. The first-order valence-electron chi connectivity index (χ1n) is 6.84. The maximum Gasteiger partial charge on any atom is 0.142 e. The summed E-state index contributed by atoms with van der Waals surface area (Å²) >= 11 is 0. The molecule has 3 heteroatoms. The highest BCUT2D eigenvalue weighted by Crippen LogP contribution is 2.48. The van der Waals surface area contributed by atoms with Crippen LogP contribution in [0.4, 0.5) is 5.82 Å². The molecule has 18 heavy (non-hydrogen) atoms. The lowest BCUT2D eigenvalue weighted by molar-refractivity contribution is 0.337. The van der Waals surface area contributed by atoms with Gasteiger partial charge in [0.15, 0.2) is 0 Å².